The molecule has 0 aliphatic heterocycles. The third kappa shape index (κ3) is 4.58. The van der Waals surface area contributed by atoms with Gasteiger partial charge in [0.15, 0.2) is 11.5 Å². The summed E-state index contributed by atoms with van der Waals surface area (Å²) in [6.45, 7) is 1.68. The monoisotopic (exact) mass is 401 g/mol. The van der Waals surface area contributed by atoms with Gasteiger partial charge in [-0.05, 0) is 30.2 Å². The fraction of sp³-hybridized carbons (Fsp3) is 0.158. The number of nitrogens with one attached hydrogen (secondary N) is 1. The predicted octanol–water partition coefficient (Wildman–Crippen LogP) is 4.12. The molecule has 144 valence electrons. The van der Waals surface area contributed by atoms with E-state index < -0.39 is 10.8 Å². The van der Waals surface area contributed by atoms with E-state index in [1.807, 2.05) is 0 Å². The zero-order chi connectivity index (χ0) is 20.8. The number of benzene rings is 2. The second-order valence-corrected chi connectivity index (χ2v) is 6.02. The average molecular weight is 402 g/mol. The molecule has 0 aromatic heterocycles. The van der Waals surface area contributed by atoms with Gasteiger partial charge >= 0.3 is 0 Å². The minimum absolute atomic E-state index is 0.175. The Morgan fingerprint density at radius 2 is 1.89 bits per heavy atom. The summed E-state index contributed by atoms with van der Waals surface area (Å²) in [4.78, 5) is 22.9. The molecule has 0 saturated carbocycles. The van der Waals surface area contributed by atoms with Gasteiger partial charge < -0.3 is 14.8 Å². The number of ether oxygens (including phenoxy) is 2. The van der Waals surface area contributed by atoms with Gasteiger partial charge in [-0.3, -0.25) is 14.9 Å². The lowest BCUT2D eigenvalue weighted by Crippen LogP contribution is -2.14. The molecule has 0 fully saturated rings. The number of carbonyl (C=O) groups excluding carboxylic acids is 1. The standard InChI is InChI=1S/C19H16ClN3O5/c1-11-4-5-14(23(25)26)8-16(11)22-19(24)13(10-21)6-12-7-17(27-2)18(28-3)9-15(12)20/h4-9H,1-3H3,(H,22,24)/b13-6+. The summed E-state index contributed by atoms with van der Waals surface area (Å²) in [7, 11) is 2.90. The molecule has 2 rings (SSSR count). The quantitative estimate of drug-likeness (QED) is 0.337. The molecule has 9 heteroatoms. The van der Waals surface area contributed by atoms with Gasteiger partial charge in [0.05, 0.1) is 29.9 Å². The Labute approximate surface area is 166 Å². The van der Waals surface area contributed by atoms with Crippen LogP contribution in [-0.4, -0.2) is 25.1 Å². The van der Waals surface area contributed by atoms with Crippen LogP contribution in [0, 0.1) is 28.4 Å². The summed E-state index contributed by atoms with van der Waals surface area (Å²) in [6, 6.07) is 8.91. The summed E-state index contributed by atoms with van der Waals surface area (Å²) in [5.41, 5.74) is 0.812. The van der Waals surface area contributed by atoms with Crippen molar-refractivity contribution < 1.29 is 19.2 Å². The lowest BCUT2D eigenvalue weighted by molar-refractivity contribution is -0.384. The van der Waals surface area contributed by atoms with Crippen LogP contribution in [0.3, 0.4) is 0 Å². The van der Waals surface area contributed by atoms with Crippen LogP contribution >= 0.6 is 11.6 Å². The molecule has 1 amide bonds. The summed E-state index contributed by atoms with van der Waals surface area (Å²) in [6.07, 6.45) is 1.30. The van der Waals surface area contributed by atoms with Crippen molar-refractivity contribution >= 4 is 35.0 Å². The molecule has 0 saturated heterocycles. The number of amides is 1. The van der Waals surface area contributed by atoms with Gasteiger partial charge in [-0.2, -0.15) is 5.26 Å². The summed E-state index contributed by atoms with van der Waals surface area (Å²) in [5.74, 6) is 0.0576. The SMILES string of the molecule is COc1cc(Cl)c(/C=C(\C#N)C(=O)Nc2cc([N+](=O)[O-])ccc2C)cc1OC. The van der Waals surface area contributed by atoms with Crippen LogP contribution in [0.5, 0.6) is 11.5 Å². The highest BCUT2D eigenvalue weighted by Crippen LogP contribution is 2.34. The van der Waals surface area contributed by atoms with Crippen molar-refractivity contribution in [3.05, 3.63) is 62.2 Å². The molecule has 0 aliphatic carbocycles. The van der Waals surface area contributed by atoms with Crippen LogP contribution in [0.25, 0.3) is 6.08 Å². The first kappa shape index (κ1) is 20.7. The first-order valence-corrected chi connectivity index (χ1v) is 8.28. The van der Waals surface area contributed by atoms with E-state index in [2.05, 4.69) is 5.32 Å². The summed E-state index contributed by atoms with van der Waals surface area (Å²) < 4.78 is 10.3. The molecule has 2 aromatic carbocycles. The Balaban J connectivity index is 2.38. The lowest BCUT2D eigenvalue weighted by Gasteiger charge is -2.10. The third-order valence-electron chi connectivity index (χ3n) is 3.85. The normalized spacial score (nSPS) is 10.8. The number of rotatable bonds is 6. The molecule has 0 atom stereocenters. The molecule has 28 heavy (non-hydrogen) atoms. The van der Waals surface area contributed by atoms with E-state index in [1.165, 1.54) is 50.6 Å². The molecule has 2 aromatic rings. The molecule has 0 spiro atoms. The van der Waals surface area contributed by atoms with Crippen molar-refractivity contribution in [1.29, 1.82) is 5.26 Å². The maximum atomic E-state index is 12.5. The zero-order valence-electron chi connectivity index (χ0n) is 15.3. The maximum Gasteiger partial charge on any atom is 0.271 e. The smallest absolute Gasteiger partial charge is 0.271 e. The number of halogens is 1. The number of methoxy groups -OCH3 is 2. The summed E-state index contributed by atoms with van der Waals surface area (Å²) >= 11 is 6.19. The number of nitriles is 1. The molecule has 8 nitrogen and oxygen atoms in total. The van der Waals surface area contributed by atoms with Gasteiger partial charge in [-0.25, -0.2) is 0 Å². The first-order chi connectivity index (χ1) is 13.3. The first-order valence-electron chi connectivity index (χ1n) is 7.90. The van der Waals surface area contributed by atoms with E-state index in [0.717, 1.165) is 0 Å². The van der Waals surface area contributed by atoms with Crippen molar-refractivity contribution in [2.24, 2.45) is 0 Å². The fourth-order valence-electron chi connectivity index (χ4n) is 2.33. The Hall–Kier alpha value is -3.57. The number of aryl methyl sites for hydroxylation is 1. The number of nitrogens with zero attached hydrogens (tertiary/aromatic N) is 2. The Kier molecular flexibility index (Phi) is 6.58. The van der Waals surface area contributed by atoms with Crippen molar-refractivity contribution in [2.45, 2.75) is 6.92 Å². The van der Waals surface area contributed by atoms with Gasteiger partial charge in [-0.15, -0.1) is 0 Å². The third-order valence-corrected chi connectivity index (χ3v) is 4.18. The molecular weight excluding hydrogens is 386 g/mol. The fourth-order valence-corrected chi connectivity index (χ4v) is 2.54. The van der Waals surface area contributed by atoms with Crippen molar-refractivity contribution in [3.8, 4) is 17.6 Å². The van der Waals surface area contributed by atoms with Crippen LogP contribution in [-0.2, 0) is 4.79 Å². The Bertz CT molecular complexity index is 1010. The molecule has 0 heterocycles. The Morgan fingerprint density at radius 1 is 1.25 bits per heavy atom. The highest BCUT2D eigenvalue weighted by atomic mass is 35.5. The van der Waals surface area contributed by atoms with Gasteiger partial charge in [0.25, 0.3) is 11.6 Å². The van der Waals surface area contributed by atoms with Crippen molar-refractivity contribution in [3.63, 3.8) is 0 Å². The molecular formula is C19H16ClN3O5. The molecule has 0 aliphatic rings. The van der Waals surface area contributed by atoms with Gasteiger partial charge in [-0.1, -0.05) is 17.7 Å². The van der Waals surface area contributed by atoms with Crippen molar-refractivity contribution in [2.75, 3.05) is 19.5 Å². The van der Waals surface area contributed by atoms with E-state index in [1.54, 1.807) is 13.0 Å². The van der Waals surface area contributed by atoms with Gasteiger partial charge in [0.1, 0.15) is 11.6 Å². The van der Waals surface area contributed by atoms with Crippen LogP contribution in [0.1, 0.15) is 11.1 Å². The van der Waals surface area contributed by atoms with Gasteiger partial charge in [0, 0.05) is 18.2 Å². The van der Waals surface area contributed by atoms with Crippen LogP contribution in [0.4, 0.5) is 11.4 Å². The zero-order valence-corrected chi connectivity index (χ0v) is 16.0. The molecule has 0 radical (unpaired) electrons. The second kappa shape index (κ2) is 8.88. The Morgan fingerprint density at radius 3 is 2.46 bits per heavy atom. The number of hydrogen-bond acceptors (Lipinski definition) is 6. The molecule has 1 N–H and O–H groups in total. The number of non-ortho nitro benzene ring substituents is 1. The van der Waals surface area contributed by atoms with Crippen LogP contribution in [0.15, 0.2) is 35.9 Å². The topological polar surface area (TPSA) is 114 Å². The van der Waals surface area contributed by atoms with Crippen LogP contribution < -0.4 is 14.8 Å². The van der Waals surface area contributed by atoms with E-state index in [9.17, 15) is 20.2 Å². The number of nitro groups is 1. The van der Waals surface area contributed by atoms with Crippen molar-refractivity contribution in [1.82, 2.24) is 0 Å². The van der Waals surface area contributed by atoms with Gasteiger partial charge in [0.2, 0.25) is 0 Å². The average Bonchev–Trinajstić information content (AvgIpc) is 2.67. The van der Waals surface area contributed by atoms with E-state index in [-0.39, 0.29) is 22.0 Å². The lowest BCUT2D eigenvalue weighted by atomic mass is 10.1. The predicted molar refractivity (Wildman–Crippen MR) is 105 cm³/mol. The highest BCUT2D eigenvalue weighted by molar-refractivity contribution is 6.32. The highest BCUT2D eigenvalue weighted by Gasteiger charge is 2.16. The minimum Gasteiger partial charge on any atom is -0.493 e. The number of nitro benzene ring substituents is 1. The molecule has 0 unspecified atom stereocenters. The second-order valence-electron chi connectivity index (χ2n) is 5.61. The van der Waals surface area contributed by atoms with E-state index >= 15 is 0 Å². The minimum atomic E-state index is -0.725. The number of carbonyl (C=O) groups is 1. The largest absolute Gasteiger partial charge is 0.493 e. The summed E-state index contributed by atoms with van der Waals surface area (Å²) in [5, 5.41) is 23.1. The van der Waals surface area contributed by atoms with Crippen LogP contribution in [0.2, 0.25) is 5.02 Å². The number of anilines is 1. The maximum absolute atomic E-state index is 12.5. The van der Waals surface area contributed by atoms with E-state index in [4.69, 9.17) is 21.1 Å². The van der Waals surface area contributed by atoms with E-state index in [0.29, 0.717) is 22.6 Å². The number of hydrogen-bond donors (Lipinski definition) is 1. The molecule has 0 bridgehead atoms.